The van der Waals surface area contributed by atoms with Gasteiger partial charge in [0.15, 0.2) is 0 Å². The molecule has 7 nitrogen and oxygen atoms in total. The lowest BCUT2D eigenvalue weighted by Crippen LogP contribution is -2.42. The normalized spacial score (nSPS) is 20.0. The molecule has 0 aliphatic carbocycles. The van der Waals surface area contributed by atoms with Crippen LogP contribution in [0.2, 0.25) is 0 Å². The standard InChI is InChI=1S/C23H25N3O4/c27-22-6-1-3-19(24-22)23(28)25-11-7-17(8-12-25)30-21-5-2-4-20-18(21)9-13-26(20)16-10-14-29-15-16/h1-6,9,13,16-17H,7-8,10-12,14-15H2,(H,24,27). The third kappa shape index (κ3) is 3.61. The lowest BCUT2D eigenvalue weighted by Gasteiger charge is -2.32. The van der Waals surface area contributed by atoms with Gasteiger partial charge in [0, 0.05) is 50.2 Å². The zero-order valence-corrected chi connectivity index (χ0v) is 16.8. The van der Waals surface area contributed by atoms with E-state index < -0.39 is 0 Å². The van der Waals surface area contributed by atoms with Crippen molar-refractivity contribution in [3.05, 3.63) is 64.7 Å². The van der Waals surface area contributed by atoms with Crippen molar-refractivity contribution < 1.29 is 14.3 Å². The number of nitrogens with one attached hydrogen (secondary N) is 1. The van der Waals surface area contributed by atoms with Crippen molar-refractivity contribution in [2.75, 3.05) is 26.3 Å². The van der Waals surface area contributed by atoms with E-state index in [1.807, 2.05) is 12.1 Å². The molecule has 2 aliphatic rings. The highest BCUT2D eigenvalue weighted by Crippen LogP contribution is 2.32. The Hall–Kier alpha value is -3.06. The van der Waals surface area contributed by atoms with Gasteiger partial charge in [-0.15, -0.1) is 0 Å². The highest BCUT2D eigenvalue weighted by atomic mass is 16.5. The minimum atomic E-state index is -0.261. The molecule has 4 heterocycles. The molecule has 2 fully saturated rings. The number of nitrogens with zero attached hydrogens (tertiary/aromatic N) is 2. The van der Waals surface area contributed by atoms with Crippen molar-refractivity contribution >= 4 is 16.8 Å². The Morgan fingerprint density at radius 1 is 1.07 bits per heavy atom. The molecular weight excluding hydrogens is 382 g/mol. The van der Waals surface area contributed by atoms with Crippen molar-refractivity contribution in [3.8, 4) is 5.75 Å². The Kier molecular flexibility index (Phi) is 5.04. The fourth-order valence-corrected chi connectivity index (χ4v) is 4.42. The quantitative estimate of drug-likeness (QED) is 0.721. The molecule has 30 heavy (non-hydrogen) atoms. The Bertz CT molecular complexity index is 1100. The van der Waals surface area contributed by atoms with Gasteiger partial charge in [-0.1, -0.05) is 12.1 Å². The lowest BCUT2D eigenvalue weighted by atomic mass is 10.1. The van der Waals surface area contributed by atoms with Crippen molar-refractivity contribution in [2.45, 2.75) is 31.4 Å². The maximum Gasteiger partial charge on any atom is 0.270 e. The molecule has 0 radical (unpaired) electrons. The Morgan fingerprint density at radius 3 is 2.67 bits per heavy atom. The van der Waals surface area contributed by atoms with Gasteiger partial charge in [-0.05, 0) is 30.7 Å². The zero-order valence-electron chi connectivity index (χ0n) is 16.8. The van der Waals surface area contributed by atoms with E-state index in [0.29, 0.717) is 24.8 Å². The summed E-state index contributed by atoms with van der Waals surface area (Å²) in [5, 5.41) is 1.12. The minimum absolute atomic E-state index is 0.0626. The molecule has 0 spiro atoms. The highest BCUT2D eigenvalue weighted by Gasteiger charge is 2.26. The van der Waals surface area contributed by atoms with Gasteiger partial charge in [0.05, 0.1) is 18.2 Å². The summed E-state index contributed by atoms with van der Waals surface area (Å²) in [4.78, 5) is 28.5. The largest absolute Gasteiger partial charge is 0.490 e. The van der Waals surface area contributed by atoms with E-state index >= 15 is 0 Å². The first kappa shape index (κ1) is 18.9. The van der Waals surface area contributed by atoms with Gasteiger partial charge in [0.2, 0.25) is 5.56 Å². The summed E-state index contributed by atoms with van der Waals surface area (Å²) in [7, 11) is 0. The first-order valence-electron chi connectivity index (χ1n) is 10.5. The first-order chi connectivity index (χ1) is 14.7. The van der Waals surface area contributed by atoms with Gasteiger partial charge in [0.25, 0.3) is 5.91 Å². The van der Waals surface area contributed by atoms with Crippen LogP contribution in [0, 0.1) is 0 Å². The number of amides is 1. The maximum absolute atomic E-state index is 12.6. The molecule has 0 bridgehead atoms. The number of ether oxygens (including phenoxy) is 2. The van der Waals surface area contributed by atoms with Crippen molar-refractivity contribution in [2.24, 2.45) is 0 Å². The summed E-state index contributed by atoms with van der Waals surface area (Å²) >= 11 is 0. The summed E-state index contributed by atoms with van der Waals surface area (Å²) in [5.41, 5.74) is 1.25. The fourth-order valence-electron chi connectivity index (χ4n) is 4.42. The highest BCUT2D eigenvalue weighted by molar-refractivity contribution is 5.92. The average Bonchev–Trinajstić information content (AvgIpc) is 3.44. The molecule has 1 amide bonds. The number of H-pyrrole nitrogens is 1. The number of carbonyl (C=O) groups excluding carboxylic acids is 1. The first-order valence-corrected chi connectivity index (χ1v) is 10.5. The number of benzene rings is 1. The number of rotatable bonds is 4. The summed E-state index contributed by atoms with van der Waals surface area (Å²) in [6.45, 7) is 2.79. The van der Waals surface area contributed by atoms with E-state index in [1.54, 1.807) is 17.0 Å². The molecule has 2 saturated heterocycles. The molecular formula is C23H25N3O4. The molecule has 5 rings (SSSR count). The molecule has 2 aliphatic heterocycles. The minimum Gasteiger partial charge on any atom is -0.490 e. The Labute approximate surface area is 174 Å². The van der Waals surface area contributed by atoms with Gasteiger partial charge >= 0.3 is 0 Å². The van der Waals surface area contributed by atoms with Crippen LogP contribution < -0.4 is 10.3 Å². The number of fused-ring (bicyclic) bond motifs is 1. The van der Waals surface area contributed by atoms with Crippen LogP contribution in [0.1, 0.15) is 35.8 Å². The van der Waals surface area contributed by atoms with Crippen molar-refractivity contribution in [1.29, 1.82) is 0 Å². The van der Waals surface area contributed by atoms with E-state index in [0.717, 1.165) is 43.6 Å². The molecule has 2 aromatic heterocycles. The second-order valence-corrected chi connectivity index (χ2v) is 7.97. The Balaban J connectivity index is 1.26. The van der Waals surface area contributed by atoms with E-state index in [1.165, 1.54) is 11.6 Å². The van der Waals surface area contributed by atoms with Crippen LogP contribution in [-0.4, -0.2) is 52.8 Å². The van der Waals surface area contributed by atoms with Gasteiger partial charge in [0.1, 0.15) is 17.5 Å². The number of likely N-dealkylation sites (tertiary alicyclic amines) is 1. The smallest absolute Gasteiger partial charge is 0.270 e. The predicted octanol–water partition coefficient (Wildman–Crippen LogP) is 2.97. The third-order valence-corrected chi connectivity index (χ3v) is 6.04. The third-order valence-electron chi connectivity index (χ3n) is 6.04. The van der Waals surface area contributed by atoms with Crippen LogP contribution in [-0.2, 0) is 4.74 Å². The van der Waals surface area contributed by atoms with E-state index in [4.69, 9.17) is 9.47 Å². The second-order valence-electron chi connectivity index (χ2n) is 7.97. The van der Waals surface area contributed by atoms with Crippen LogP contribution in [0.25, 0.3) is 10.9 Å². The van der Waals surface area contributed by atoms with Gasteiger partial charge < -0.3 is 23.9 Å². The number of piperidine rings is 1. The topological polar surface area (TPSA) is 76.6 Å². The molecule has 156 valence electrons. The molecule has 3 aromatic rings. The summed E-state index contributed by atoms with van der Waals surface area (Å²) in [6, 6.07) is 13.3. The van der Waals surface area contributed by atoms with Crippen molar-refractivity contribution in [1.82, 2.24) is 14.5 Å². The molecule has 1 atom stereocenters. The summed E-state index contributed by atoms with van der Waals surface area (Å²) < 4.78 is 14.2. The second kappa shape index (κ2) is 7.99. The van der Waals surface area contributed by atoms with E-state index in [2.05, 4.69) is 27.9 Å². The predicted molar refractivity (Wildman–Crippen MR) is 113 cm³/mol. The summed E-state index contributed by atoms with van der Waals surface area (Å²) in [5.74, 6) is 0.756. The zero-order chi connectivity index (χ0) is 20.5. The average molecular weight is 407 g/mol. The van der Waals surface area contributed by atoms with Gasteiger partial charge in [-0.2, -0.15) is 0 Å². The summed E-state index contributed by atoms with van der Waals surface area (Å²) in [6.07, 6.45) is 4.74. The number of aromatic amines is 1. The van der Waals surface area contributed by atoms with Crippen LogP contribution in [0.3, 0.4) is 0 Å². The van der Waals surface area contributed by atoms with Crippen LogP contribution in [0.15, 0.2) is 53.5 Å². The number of carbonyl (C=O) groups is 1. The fraction of sp³-hybridized carbons (Fsp3) is 0.391. The van der Waals surface area contributed by atoms with Crippen LogP contribution >= 0.6 is 0 Å². The lowest BCUT2D eigenvalue weighted by molar-refractivity contribution is 0.0592. The Morgan fingerprint density at radius 2 is 1.90 bits per heavy atom. The van der Waals surface area contributed by atoms with Crippen molar-refractivity contribution in [3.63, 3.8) is 0 Å². The monoisotopic (exact) mass is 407 g/mol. The number of hydrogen-bond acceptors (Lipinski definition) is 4. The van der Waals surface area contributed by atoms with Crippen LogP contribution in [0.5, 0.6) is 5.75 Å². The number of pyridine rings is 1. The SMILES string of the molecule is O=C(c1cccc(=O)[nH]1)N1CCC(Oc2cccc3c2ccn3C2CCOC2)CC1. The number of aromatic nitrogens is 2. The molecule has 1 unspecified atom stereocenters. The maximum atomic E-state index is 12.6. The molecule has 0 saturated carbocycles. The van der Waals surface area contributed by atoms with E-state index in [9.17, 15) is 9.59 Å². The van der Waals surface area contributed by atoms with Crippen LogP contribution in [0.4, 0.5) is 0 Å². The molecule has 1 N–H and O–H groups in total. The molecule has 1 aromatic carbocycles. The van der Waals surface area contributed by atoms with Gasteiger partial charge in [-0.25, -0.2) is 0 Å². The molecule has 7 heteroatoms. The number of hydrogen-bond donors (Lipinski definition) is 1. The van der Waals surface area contributed by atoms with E-state index in [-0.39, 0.29) is 17.6 Å². The van der Waals surface area contributed by atoms with Gasteiger partial charge in [-0.3, -0.25) is 9.59 Å².